The van der Waals surface area contributed by atoms with Crippen molar-refractivity contribution in [2.45, 2.75) is 19.8 Å². The maximum absolute atomic E-state index is 6.15. The molecule has 2 aromatic rings. The van der Waals surface area contributed by atoms with E-state index in [1.807, 2.05) is 6.07 Å². The number of fused-ring (bicyclic) bond motifs is 1. The van der Waals surface area contributed by atoms with Gasteiger partial charge in [0.2, 0.25) is 0 Å². The Hall–Kier alpha value is -1.03. The predicted molar refractivity (Wildman–Crippen MR) is 73.6 cm³/mol. The van der Waals surface area contributed by atoms with Crippen molar-refractivity contribution in [1.82, 2.24) is 4.98 Å². The zero-order valence-corrected chi connectivity index (χ0v) is 10.9. The number of benzene rings is 1. The number of nitrogens with one attached hydrogen (secondary N) is 1. The minimum atomic E-state index is 0.543. The quantitative estimate of drug-likeness (QED) is 0.659. The van der Waals surface area contributed by atoms with Gasteiger partial charge in [0.25, 0.3) is 0 Å². The van der Waals surface area contributed by atoms with Crippen LogP contribution in [0.4, 0.5) is 5.69 Å². The Morgan fingerprint density at radius 3 is 2.71 bits per heavy atom. The summed E-state index contributed by atoms with van der Waals surface area (Å²) in [5, 5.41) is 1.95. The second kappa shape index (κ2) is 5.08. The zero-order valence-electron chi connectivity index (χ0n) is 9.43. The van der Waals surface area contributed by atoms with Gasteiger partial charge in [0.15, 0.2) is 0 Å². The molecule has 2 rings (SSSR count). The van der Waals surface area contributed by atoms with E-state index >= 15 is 0 Å². The third-order valence-corrected chi connectivity index (χ3v) is 3.05. The zero-order chi connectivity index (χ0) is 12.4. The van der Waals surface area contributed by atoms with E-state index in [1.54, 1.807) is 12.1 Å². The number of nitrogens with zero attached hydrogens (tertiary/aromatic N) is 1. The number of nitrogens with two attached hydrogens (primary N) is 1. The number of hydrogen-bond acceptors (Lipinski definition) is 3. The molecule has 90 valence electrons. The molecular formula is C12H13Cl2N3. The van der Waals surface area contributed by atoms with Crippen LogP contribution in [-0.2, 0) is 6.42 Å². The molecule has 0 aliphatic heterocycles. The third-order valence-electron chi connectivity index (χ3n) is 2.55. The van der Waals surface area contributed by atoms with Crippen molar-refractivity contribution in [3.05, 3.63) is 33.9 Å². The molecular weight excluding hydrogens is 257 g/mol. The SMILES string of the molecule is CCCc1cc(NN)c2cc(Cl)cc(Cl)c2n1. The molecule has 0 spiro atoms. The Labute approximate surface area is 110 Å². The highest BCUT2D eigenvalue weighted by Crippen LogP contribution is 2.31. The number of pyridine rings is 1. The summed E-state index contributed by atoms with van der Waals surface area (Å²) in [4.78, 5) is 4.53. The van der Waals surface area contributed by atoms with Gasteiger partial charge >= 0.3 is 0 Å². The molecule has 17 heavy (non-hydrogen) atoms. The summed E-state index contributed by atoms with van der Waals surface area (Å²) in [6.07, 6.45) is 1.91. The summed E-state index contributed by atoms with van der Waals surface area (Å²) in [7, 11) is 0. The molecule has 0 aliphatic carbocycles. The molecule has 0 radical (unpaired) electrons. The van der Waals surface area contributed by atoms with Gasteiger partial charge in [0.05, 0.1) is 16.2 Å². The maximum Gasteiger partial charge on any atom is 0.0913 e. The van der Waals surface area contributed by atoms with Crippen LogP contribution in [0.25, 0.3) is 10.9 Å². The molecule has 1 aromatic carbocycles. The minimum absolute atomic E-state index is 0.543. The van der Waals surface area contributed by atoms with Crippen molar-refractivity contribution in [3.63, 3.8) is 0 Å². The normalized spacial score (nSPS) is 10.8. The molecule has 5 heteroatoms. The summed E-state index contributed by atoms with van der Waals surface area (Å²) < 4.78 is 0. The molecule has 3 N–H and O–H groups in total. The second-order valence-electron chi connectivity index (χ2n) is 3.84. The highest BCUT2D eigenvalue weighted by atomic mass is 35.5. The first-order valence-electron chi connectivity index (χ1n) is 5.41. The Morgan fingerprint density at radius 1 is 1.29 bits per heavy atom. The number of rotatable bonds is 3. The number of hydrazine groups is 1. The van der Waals surface area contributed by atoms with Crippen LogP contribution < -0.4 is 11.3 Å². The molecule has 0 aliphatic rings. The number of nitrogen functional groups attached to an aromatic ring is 1. The van der Waals surface area contributed by atoms with Gasteiger partial charge in [0.1, 0.15) is 0 Å². The minimum Gasteiger partial charge on any atom is -0.323 e. The number of hydrogen-bond donors (Lipinski definition) is 2. The Balaban J connectivity index is 2.73. The topological polar surface area (TPSA) is 50.9 Å². The lowest BCUT2D eigenvalue weighted by atomic mass is 10.1. The third kappa shape index (κ3) is 2.46. The maximum atomic E-state index is 6.15. The van der Waals surface area contributed by atoms with E-state index in [0.717, 1.165) is 35.1 Å². The van der Waals surface area contributed by atoms with E-state index in [1.165, 1.54) is 0 Å². The molecule has 0 amide bonds. The fourth-order valence-electron chi connectivity index (χ4n) is 1.81. The average molecular weight is 270 g/mol. The number of anilines is 1. The van der Waals surface area contributed by atoms with Gasteiger partial charge in [0, 0.05) is 16.1 Å². The Bertz CT molecular complexity index is 555. The molecule has 0 atom stereocenters. The van der Waals surface area contributed by atoms with Gasteiger partial charge in [-0.2, -0.15) is 0 Å². The summed E-state index contributed by atoms with van der Waals surface area (Å²) in [5.74, 6) is 5.52. The van der Waals surface area contributed by atoms with Gasteiger partial charge in [-0.25, -0.2) is 0 Å². The molecule has 1 aromatic heterocycles. The monoisotopic (exact) mass is 269 g/mol. The van der Waals surface area contributed by atoms with Crippen LogP contribution in [0.1, 0.15) is 19.0 Å². The van der Waals surface area contributed by atoms with E-state index in [-0.39, 0.29) is 0 Å². The van der Waals surface area contributed by atoms with Crippen molar-refractivity contribution >= 4 is 39.8 Å². The van der Waals surface area contributed by atoms with Crippen molar-refractivity contribution in [1.29, 1.82) is 0 Å². The molecule has 0 unspecified atom stereocenters. The van der Waals surface area contributed by atoms with E-state index < -0.39 is 0 Å². The van der Waals surface area contributed by atoms with Crippen LogP contribution in [0.15, 0.2) is 18.2 Å². The van der Waals surface area contributed by atoms with Crippen LogP contribution >= 0.6 is 23.2 Å². The summed E-state index contributed by atoms with van der Waals surface area (Å²) in [6, 6.07) is 5.42. The molecule has 3 nitrogen and oxygen atoms in total. The van der Waals surface area contributed by atoms with Crippen LogP contribution in [0.2, 0.25) is 10.0 Å². The lowest BCUT2D eigenvalue weighted by Gasteiger charge is -2.10. The Morgan fingerprint density at radius 2 is 2.06 bits per heavy atom. The fourth-order valence-corrected chi connectivity index (χ4v) is 2.34. The van der Waals surface area contributed by atoms with Gasteiger partial charge in [-0.15, -0.1) is 0 Å². The summed E-state index contributed by atoms with van der Waals surface area (Å²) in [6.45, 7) is 2.10. The lowest BCUT2D eigenvalue weighted by Crippen LogP contribution is -2.08. The van der Waals surface area contributed by atoms with E-state index in [9.17, 15) is 0 Å². The predicted octanol–water partition coefficient (Wildman–Crippen LogP) is 3.78. The fraction of sp³-hybridized carbons (Fsp3) is 0.250. The Kier molecular flexibility index (Phi) is 3.72. The van der Waals surface area contributed by atoms with E-state index in [4.69, 9.17) is 29.0 Å². The van der Waals surface area contributed by atoms with Crippen molar-refractivity contribution in [2.75, 3.05) is 5.43 Å². The van der Waals surface area contributed by atoms with Gasteiger partial charge < -0.3 is 5.43 Å². The van der Waals surface area contributed by atoms with E-state index in [2.05, 4.69) is 17.3 Å². The van der Waals surface area contributed by atoms with Crippen LogP contribution in [0.3, 0.4) is 0 Å². The number of aromatic nitrogens is 1. The largest absolute Gasteiger partial charge is 0.323 e. The smallest absolute Gasteiger partial charge is 0.0913 e. The molecule has 0 saturated heterocycles. The summed E-state index contributed by atoms with van der Waals surface area (Å²) in [5.41, 5.74) is 5.16. The van der Waals surface area contributed by atoms with Crippen molar-refractivity contribution in [2.24, 2.45) is 5.84 Å². The molecule has 0 bridgehead atoms. The van der Waals surface area contributed by atoms with E-state index in [0.29, 0.717) is 10.0 Å². The standard InChI is InChI=1S/C12H13Cl2N3/c1-2-3-8-6-11(17-15)9-4-7(13)5-10(14)12(9)16-8/h4-6H,2-3,15H2,1H3,(H,16,17). The second-order valence-corrected chi connectivity index (χ2v) is 4.68. The summed E-state index contributed by atoms with van der Waals surface area (Å²) >= 11 is 12.1. The number of aryl methyl sites for hydroxylation is 1. The van der Waals surface area contributed by atoms with Gasteiger partial charge in [-0.1, -0.05) is 36.5 Å². The van der Waals surface area contributed by atoms with Crippen LogP contribution in [0.5, 0.6) is 0 Å². The van der Waals surface area contributed by atoms with Gasteiger partial charge in [-0.3, -0.25) is 10.8 Å². The van der Waals surface area contributed by atoms with Crippen LogP contribution in [0, 0.1) is 0 Å². The molecule has 1 heterocycles. The highest BCUT2D eigenvalue weighted by molar-refractivity contribution is 6.38. The highest BCUT2D eigenvalue weighted by Gasteiger charge is 2.09. The van der Waals surface area contributed by atoms with Crippen molar-refractivity contribution < 1.29 is 0 Å². The van der Waals surface area contributed by atoms with Crippen LogP contribution in [-0.4, -0.2) is 4.98 Å². The molecule has 0 fully saturated rings. The lowest BCUT2D eigenvalue weighted by molar-refractivity contribution is 0.890. The number of halogens is 2. The van der Waals surface area contributed by atoms with Gasteiger partial charge in [-0.05, 0) is 24.6 Å². The molecule has 0 saturated carbocycles. The first-order valence-corrected chi connectivity index (χ1v) is 6.16. The average Bonchev–Trinajstić information content (AvgIpc) is 2.29. The first kappa shape index (κ1) is 12.4. The first-order chi connectivity index (χ1) is 8.15. The van der Waals surface area contributed by atoms with Crippen molar-refractivity contribution in [3.8, 4) is 0 Å².